The standard InChI is InChI=1S/C57H93NO2S3/c1-7-11-15-19-23-25-27-29-31-35-39-47-43-50(61-45(47)5)51-44-48(40-36-32-30-28-26-24-20-16-12-8-2)54(63-51)55-53-52(46(6)62-55)56(59)58(57(53)60)49(41-37-33-21-17-13-9-3)42-38-34-22-18-14-10-4/h43-44,49H,7-42H2,1-6H3. The van der Waals surface area contributed by atoms with Gasteiger partial charge in [0.15, 0.2) is 0 Å². The van der Waals surface area contributed by atoms with Gasteiger partial charge in [-0.2, -0.15) is 0 Å². The molecule has 0 spiro atoms. The van der Waals surface area contributed by atoms with Crippen molar-refractivity contribution in [3.05, 3.63) is 44.1 Å². The number of amides is 2. The monoisotopic (exact) mass is 920 g/mol. The Bertz CT molecular complexity index is 1680. The lowest BCUT2D eigenvalue weighted by atomic mass is 9.98. The van der Waals surface area contributed by atoms with Crippen LogP contribution >= 0.6 is 34.0 Å². The molecule has 1 aliphatic rings. The summed E-state index contributed by atoms with van der Waals surface area (Å²) in [5.74, 6) is -0.0302. The van der Waals surface area contributed by atoms with Crippen LogP contribution in [-0.2, 0) is 12.8 Å². The average Bonchev–Trinajstić information content (AvgIpc) is 4.03. The minimum absolute atomic E-state index is 0.0000709. The molecule has 1 aliphatic heterocycles. The zero-order chi connectivity index (χ0) is 45.1. The van der Waals surface area contributed by atoms with E-state index in [1.165, 1.54) is 230 Å². The molecule has 0 N–H and O–H groups in total. The van der Waals surface area contributed by atoms with E-state index in [-0.39, 0.29) is 17.9 Å². The molecule has 0 radical (unpaired) electrons. The van der Waals surface area contributed by atoms with Crippen molar-refractivity contribution in [2.45, 2.75) is 279 Å². The maximum Gasteiger partial charge on any atom is 0.263 e. The van der Waals surface area contributed by atoms with Crippen molar-refractivity contribution in [1.82, 2.24) is 4.90 Å². The SMILES string of the molecule is CCCCCCCCCCCCc1cc(-c2cc(CCCCCCCCCCCC)c(-c3sc(C)c4c3C(=O)N(C(CCCCCCCC)CCCCCCCC)C4=O)s2)sc1C. The molecule has 0 aromatic carbocycles. The van der Waals surface area contributed by atoms with Gasteiger partial charge in [-0.3, -0.25) is 14.5 Å². The third kappa shape index (κ3) is 18.1. The van der Waals surface area contributed by atoms with E-state index in [2.05, 4.69) is 53.7 Å². The summed E-state index contributed by atoms with van der Waals surface area (Å²) in [6.07, 6.45) is 45.8. The first-order valence-corrected chi connectivity index (χ1v) is 29.5. The van der Waals surface area contributed by atoms with Crippen molar-refractivity contribution >= 4 is 45.8 Å². The fourth-order valence-electron chi connectivity index (χ4n) is 9.98. The zero-order valence-electron chi connectivity index (χ0n) is 41.7. The summed E-state index contributed by atoms with van der Waals surface area (Å²) in [7, 11) is 0. The molecule has 0 bridgehead atoms. The van der Waals surface area contributed by atoms with Gasteiger partial charge in [0.2, 0.25) is 0 Å². The van der Waals surface area contributed by atoms with Gasteiger partial charge >= 0.3 is 0 Å². The number of nitrogens with zero attached hydrogens (tertiary/aromatic N) is 1. The summed E-state index contributed by atoms with van der Waals surface area (Å²) in [4.78, 5) is 38.6. The summed E-state index contributed by atoms with van der Waals surface area (Å²) in [5, 5.41) is 0. The minimum atomic E-state index is -0.0181. The van der Waals surface area contributed by atoms with Gasteiger partial charge in [-0.15, -0.1) is 34.0 Å². The summed E-state index contributed by atoms with van der Waals surface area (Å²) in [6, 6.07) is 4.97. The molecule has 0 atom stereocenters. The maximum atomic E-state index is 14.8. The zero-order valence-corrected chi connectivity index (χ0v) is 44.1. The van der Waals surface area contributed by atoms with Crippen LogP contribution in [0.15, 0.2) is 12.1 Å². The molecular formula is C57H93NO2S3. The van der Waals surface area contributed by atoms with Gasteiger partial charge in [0.05, 0.1) is 16.0 Å². The van der Waals surface area contributed by atoms with Gasteiger partial charge in [0.25, 0.3) is 11.8 Å². The minimum Gasteiger partial charge on any atom is -0.271 e. The predicted octanol–water partition coefficient (Wildman–Crippen LogP) is 20.2. The van der Waals surface area contributed by atoms with Crippen LogP contribution in [-0.4, -0.2) is 22.8 Å². The van der Waals surface area contributed by atoms with Crippen LogP contribution in [0.4, 0.5) is 0 Å². The van der Waals surface area contributed by atoms with Gasteiger partial charge in [-0.25, -0.2) is 0 Å². The summed E-state index contributed by atoms with van der Waals surface area (Å²) in [5.41, 5.74) is 4.34. The number of thiophene rings is 3. The normalized spacial score (nSPS) is 12.8. The highest BCUT2D eigenvalue weighted by Gasteiger charge is 2.44. The third-order valence-electron chi connectivity index (χ3n) is 14.0. The number of carbonyl (C=O) groups is 2. The summed E-state index contributed by atoms with van der Waals surface area (Å²) >= 11 is 5.56. The fourth-order valence-corrected chi connectivity index (χ4v) is 13.6. The summed E-state index contributed by atoms with van der Waals surface area (Å²) < 4.78 is 0. The lowest BCUT2D eigenvalue weighted by Gasteiger charge is -2.27. The molecule has 0 unspecified atom stereocenters. The topological polar surface area (TPSA) is 37.4 Å². The number of rotatable bonds is 39. The molecule has 4 heterocycles. The number of fused-ring (bicyclic) bond motifs is 1. The molecule has 6 heteroatoms. The summed E-state index contributed by atoms with van der Waals surface area (Å²) in [6.45, 7) is 13.6. The van der Waals surface area contributed by atoms with E-state index in [4.69, 9.17) is 0 Å². The van der Waals surface area contributed by atoms with E-state index in [0.29, 0.717) is 5.56 Å². The molecule has 4 rings (SSSR count). The van der Waals surface area contributed by atoms with E-state index < -0.39 is 0 Å². The second-order valence-electron chi connectivity index (χ2n) is 19.5. The van der Waals surface area contributed by atoms with Crippen molar-refractivity contribution < 1.29 is 9.59 Å². The number of aryl methyl sites for hydroxylation is 4. The molecule has 0 fully saturated rings. The Morgan fingerprint density at radius 1 is 0.397 bits per heavy atom. The van der Waals surface area contributed by atoms with Crippen LogP contribution in [0, 0.1) is 13.8 Å². The number of hydrogen-bond acceptors (Lipinski definition) is 5. The van der Waals surface area contributed by atoms with Crippen molar-refractivity contribution in [1.29, 1.82) is 0 Å². The van der Waals surface area contributed by atoms with E-state index >= 15 is 0 Å². The maximum absolute atomic E-state index is 14.8. The molecule has 0 saturated heterocycles. The van der Waals surface area contributed by atoms with Crippen LogP contribution in [0.5, 0.6) is 0 Å². The van der Waals surface area contributed by atoms with E-state index in [0.717, 1.165) is 47.4 Å². The Labute approximate surface area is 400 Å². The quantitative estimate of drug-likeness (QED) is 0.0422. The second-order valence-corrected chi connectivity index (χ2v) is 23.0. The van der Waals surface area contributed by atoms with E-state index in [9.17, 15) is 9.59 Å². The Balaban J connectivity index is 1.51. The Kier molecular flexibility index (Phi) is 27.4. The predicted molar refractivity (Wildman–Crippen MR) is 282 cm³/mol. The first-order chi connectivity index (χ1) is 30.9. The van der Waals surface area contributed by atoms with Crippen molar-refractivity contribution in [2.75, 3.05) is 0 Å². The van der Waals surface area contributed by atoms with Crippen molar-refractivity contribution in [3.63, 3.8) is 0 Å². The van der Waals surface area contributed by atoms with Crippen LogP contribution in [0.25, 0.3) is 19.5 Å². The molecule has 3 aromatic heterocycles. The second kappa shape index (κ2) is 32.0. The van der Waals surface area contributed by atoms with E-state index in [1.807, 2.05) is 22.7 Å². The number of unbranched alkanes of at least 4 members (excludes halogenated alkanes) is 28. The first kappa shape index (κ1) is 53.9. The highest BCUT2D eigenvalue weighted by atomic mass is 32.1. The number of carbonyl (C=O) groups excluding carboxylic acids is 2. The van der Waals surface area contributed by atoms with Crippen molar-refractivity contribution in [2.24, 2.45) is 0 Å². The van der Waals surface area contributed by atoms with Gasteiger partial charge in [-0.1, -0.05) is 220 Å². The van der Waals surface area contributed by atoms with Gasteiger partial charge in [0, 0.05) is 30.4 Å². The molecule has 63 heavy (non-hydrogen) atoms. The third-order valence-corrected chi connectivity index (χ3v) is 17.7. The number of imide groups is 1. The molecule has 356 valence electrons. The molecular weight excluding hydrogens is 827 g/mol. The van der Waals surface area contributed by atoms with Gasteiger partial charge in [0.1, 0.15) is 0 Å². The molecule has 0 aliphatic carbocycles. The highest BCUT2D eigenvalue weighted by Crippen LogP contribution is 2.49. The van der Waals surface area contributed by atoms with Crippen molar-refractivity contribution in [3.8, 4) is 19.5 Å². The van der Waals surface area contributed by atoms with Crippen LogP contribution in [0.1, 0.15) is 288 Å². The molecule has 3 aromatic rings. The molecule has 0 saturated carbocycles. The molecule has 3 nitrogen and oxygen atoms in total. The largest absolute Gasteiger partial charge is 0.271 e. The Hall–Kier alpha value is -1.76. The van der Waals surface area contributed by atoms with Crippen LogP contribution < -0.4 is 0 Å². The van der Waals surface area contributed by atoms with Gasteiger partial charge < -0.3 is 0 Å². The Morgan fingerprint density at radius 3 is 1.22 bits per heavy atom. The first-order valence-electron chi connectivity index (χ1n) is 27.1. The van der Waals surface area contributed by atoms with E-state index in [1.54, 1.807) is 16.2 Å². The fraction of sp³-hybridized carbons (Fsp3) is 0.754. The lowest BCUT2D eigenvalue weighted by Crippen LogP contribution is -2.40. The molecule has 2 amide bonds. The number of hydrogen-bond donors (Lipinski definition) is 0. The highest BCUT2D eigenvalue weighted by molar-refractivity contribution is 7.27. The van der Waals surface area contributed by atoms with Crippen LogP contribution in [0.2, 0.25) is 0 Å². The Morgan fingerprint density at radius 2 is 0.762 bits per heavy atom. The smallest absolute Gasteiger partial charge is 0.263 e. The average molecular weight is 921 g/mol. The lowest BCUT2D eigenvalue weighted by molar-refractivity contribution is 0.0563. The van der Waals surface area contributed by atoms with Crippen LogP contribution in [0.3, 0.4) is 0 Å². The van der Waals surface area contributed by atoms with Gasteiger partial charge in [-0.05, 0) is 75.6 Å².